The van der Waals surface area contributed by atoms with Gasteiger partial charge in [-0.15, -0.1) is 0 Å². The number of halogens is 3. The molecule has 0 unspecified atom stereocenters. The maximum Gasteiger partial charge on any atom is 0.416 e. The third-order valence-electron chi connectivity index (χ3n) is 5.24. The lowest BCUT2D eigenvalue weighted by molar-refractivity contribution is -0.145. The quantitative estimate of drug-likeness (QED) is 0.851. The van der Waals surface area contributed by atoms with Crippen LogP contribution in [0.4, 0.5) is 18.9 Å². The zero-order valence-corrected chi connectivity index (χ0v) is 12.0. The van der Waals surface area contributed by atoms with Crippen molar-refractivity contribution in [3.63, 3.8) is 0 Å². The Balaban J connectivity index is 1.54. The average Bonchev–Trinajstić information content (AvgIpc) is 3.08. The Morgan fingerprint density at radius 1 is 1.26 bits per heavy atom. The van der Waals surface area contributed by atoms with Gasteiger partial charge in [-0.2, -0.15) is 13.2 Å². The second-order valence-electron chi connectivity index (χ2n) is 6.49. The molecule has 1 saturated heterocycles. The highest BCUT2D eigenvalue weighted by atomic mass is 19.4. The molecule has 1 heterocycles. The van der Waals surface area contributed by atoms with Crippen LogP contribution in [0, 0.1) is 23.7 Å². The minimum Gasteiger partial charge on any atom is -0.462 e. The van der Waals surface area contributed by atoms with Gasteiger partial charge in [0.25, 0.3) is 0 Å². The summed E-state index contributed by atoms with van der Waals surface area (Å²) in [5.41, 5.74) is -0.723. The molecule has 1 amide bonds. The van der Waals surface area contributed by atoms with Crippen molar-refractivity contribution < 1.29 is 27.5 Å². The molecule has 5 atom stereocenters. The van der Waals surface area contributed by atoms with E-state index in [1.54, 1.807) is 0 Å². The van der Waals surface area contributed by atoms with Crippen molar-refractivity contribution in [1.29, 1.82) is 0 Å². The maximum absolute atomic E-state index is 12.7. The van der Waals surface area contributed by atoms with E-state index in [1.807, 2.05) is 0 Å². The number of amides is 1. The molecule has 4 rings (SSSR count). The lowest BCUT2D eigenvalue weighted by atomic mass is 9.79. The number of fused-ring (bicyclic) bond motifs is 1. The molecule has 2 aliphatic carbocycles. The first-order chi connectivity index (χ1) is 10.8. The number of carbonyl (C=O) groups is 2. The molecule has 23 heavy (non-hydrogen) atoms. The Morgan fingerprint density at radius 2 is 2.04 bits per heavy atom. The number of alkyl halides is 3. The van der Waals surface area contributed by atoms with Gasteiger partial charge < -0.3 is 10.1 Å². The Labute approximate surface area is 130 Å². The van der Waals surface area contributed by atoms with Gasteiger partial charge in [-0.25, -0.2) is 0 Å². The Hall–Kier alpha value is -2.05. The molecule has 1 aromatic carbocycles. The summed E-state index contributed by atoms with van der Waals surface area (Å²) in [4.78, 5) is 24.4. The SMILES string of the molecule is O=C(Nc1cccc(C(F)(F)F)c1)[C@@H]1[C@H]2C[C@@H]3[C@@H]1C(=O)O[C@@H]3C2. The molecule has 122 valence electrons. The molecular weight excluding hydrogens is 311 g/mol. The third kappa shape index (κ3) is 2.21. The van der Waals surface area contributed by atoms with E-state index in [4.69, 9.17) is 4.74 Å². The lowest BCUT2D eigenvalue weighted by Crippen LogP contribution is -2.35. The van der Waals surface area contributed by atoms with Gasteiger partial charge in [0.15, 0.2) is 0 Å². The largest absolute Gasteiger partial charge is 0.462 e. The van der Waals surface area contributed by atoms with Crippen molar-refractivity contribution in [2.45, 2.75) is 25.1 Å². The topological polar surface area (TPSA) is 55.4 Å². The van der Waals surface area contributed by atoms with Crippen LogP contribution in [0.3, 0.4) is 0 Å². The zero-order chi connectivity index (χ0) is 16.4. The van der Waals surface area contributed by atoms with E-state index in [1.165, 1.54) is 12.1 Å². The van der Waals surface area contributed by atoms with Gasteiger partial charge in [-0.05, 0) is 37.0 Å². The second kappa shape index (κ2) is 4.72. The van der Waals surface area contributed by atoms with E-state index in [2.05, 4.69) is 5.32 Å². The van der Waals surface area contributed by atoms with E-state index >= 15 is 0 Å². The predicted octanol–water partition coefficient (Wildman–Crippen LogP) is 2.84. The number of rotatable bonds is 2. The van der Waals surface area contributed by atoms with E-state index in [0.717, 1.165) is 18.6 Å². The fourth-order valence-corrected chi connectivity index (χ4v) is 4.36. The van der Waals surface area contributed by atoms with Gasteiger partial charge >= 0.3 is 12.1 Å². The van der Waals surface area contributed by atoms with E-state index < -0.39 is 23.6 Å². The number of ether oxygens (including phenoxy) is 1. The predicted molar refractivity (Wildman–Crippen MR) is 73.1 cm³/mol. The van der Waals surface area contributed by atoms with Crippen LogP contribution in [0.25, 0.3) is 0 Å². The summed E-state index contributed by atoms with van der Waals surface area (Å²) in [5.74, 6) is -1.51. The molecule has 1 aliphatic heterocycles. The number of esters is 1. The Kier molecular flexibility index (Phi) is 2.98. The first-order valence-corrected chi connectivity index (χ1v) is 7.53. The fraction of sp³-hybridized carbons (Fsp3) is 0.500. The molecule has 3 aliphatic rings. The van der Waals surface area contributed by atoms with E-state index in [0.29, 0.717) is 6.42 Å². The van der Waals surface area contributed by atoms with Gasteiger partial charge in [0.2, 0.25) is 5.91 Å². The standard InChI is InChI=1S/C16H14F3NO3/c17-16(18,19)8-2-1-3-9(6-8)20-14(21)12-7-4-10-11(5-7)23-15(22)13(10)12/h1-3,6-7,10-13H,4-5H2,(H,20,21)/t7-,10-,11+,12+,13-/m0/s1. The van der Waals surface area contributed by atoms with E-state index in [-0.39, 0.29) is 35.5 Å². The number of carbonyl (C=O) groups excluding carboxylic acids is 2. The van der Waals surface area contributed by atoms with Crippen LogP contribution < -0.4 is 5.32 Å². The summed E-state index contributed by atoms with van der Waals surface area (Å²) < 4.78 is 43.5. The molecule has 2 saturated carbocycles. The monoisotopic (exact) mass is 325 g/mol. The first-order valence-electron chi connectivity index (χ1n) is 7.53. The smallest absolute Gasteiger partial charge is 0.416 e. The van der Waals surface area contributed by atoms with Crippen molar-refractivity contribution in [3.05, 3.63) is 29.8 Å². The highest BCUT2D eigenvalue weighted by Crippen LogP contribution is 2.57. The summed E-state index contributed by atoms with van der Waals surface area (Å²) in [6.45, 7) is 0. The third-order valence-corrected chi connectivity index (χ3v) is 5.24. The number of hydrogen-bond acceptors (Lipinski definition) is 3. The van der Waals surface area contributed by atoms with Crippen molar-refractivity contribution in [3.8, 4) is 0 Å². The first kappa shape index (κ1) is 14.5. The molecule has 3 fully saturated rings. The van der Waals surface area contributed by atoms with Crippen LogP contribution >= 0.6 is 0 Å². The zero-order valence-electron chi connectivity index (χ0n) is 12.0. The van der Waals surface area contributed by atoms with Crippen LogP contribution in [0.2, 0.25) is 0 Å². The lowest BCUT2D eigenvalue weighted by Gasteiger charge is -2.23. The highest BCUT2D eigenvalue weighted by molar-refractivity contribution is 5.97. The Morgan fingerprint density at radius 3 is 2.78 bits per heavy atom. The molecule has 0 spiro atoms. The highest BCUT2D eigenvalue weighted by Gasteiger charge is 2.63. The molecule has 7 heteroatoms. The van der Waals surface area contributed by atoms with Crippen molar-refractivity contribution in [2.75, 3.05) is 5.32 Å². The molecule has 4 nitrogen and oxygen atoms in total. The molecular formula is C16H14F3NO3. The van der Waals surface area contributed by atoms with Crippen LogP contribution in [0.5, 0.6) is 0 Å². The summed E-state index contributed by atoms with van der Waals surface area (Å²) in [7, 11) is 0. The second-order valence-corrected chi connectivity index (χ2v) is 6.49. The normalized spacial score (nSPS) is 34.6. The van der Waals surface area contributed by atoms with Crippen LogP contribution in [-0.4, -0.2) is 18.0 Å². The van der Waals surface area contributed by atoms with E-state index in [9.17, 15) is 22.8 Å². The van der Waals surface area contributed by atoms with Crippen molar-refractivity contribution >= 4 is 17.6 Å². The molecule has 0 radical (unpaired) electrons. The van der Waals surface area contributed by atoms with Crippen LogP contribution in [0.1, 0.15) is 18.4 Å². The maximum atomic E-state index is 12.7. The number of anilines is 1. The summed E-state index contributed by atoms with van der Waals surface area (Å²) >= 11 is 0. The number of nitrogens with one attached hydrogen (secondary N) is 1. The fourth-order valence-electron chi connectivity index (χ4n) is 4.36. The molecule has 1 aromatic rings. The average molecular weight is 325 g/mol. The van der Waals surface area contributed by atoms with Gasteiger partial charge in [0.05, 0.1) is 17.4 Å². The summed E-state index contributed by atoms with van der Waals surface area (Å²) in [5, 5.41) is 2.54. The van der Waals surface area contributed by atoms with Crippen LogP contribution in [0.15, 0.2) is 24.3 Å². The summed E-state index contributed by atoms with van der Waals surface area (Å²) in [6, 6.07) is 4.52. The van der Waals surface area contributed by atoms with Gasteiger partial charge in [-0.1, -0.05) is 6.07 Å². The minimum absolute atomic E-state index is 0.0740. The Bertz CT molecular complexity index is 685. The van der Waals surface area contributed by atoms with Crippen molar-refractivity contribution in [1.82, 2.24) is 0 Å². The summed E-state index contributed by atoms with van der Waals surface area (Å²) in [6.07, 6.45) is -3.08. The molecule has 1 N–H and O–H groups in total. The number of hydrogen-bond donors (Lipinski definition) is 1. The molecule has 0 aromatic heterocycles. The van der Waals surface area contributed by atoms with Crippen molar-refractivity contribution in [2.24, 2.45) is 23.7 Å². The number of benzene rings is 1. The molecule has 2 bridgehead atoms. The van der Waals surface area contributed by atoms with Gasteiger partial charge in [0.1, 0.15) is 6.10 Å². The van der Waals surface area contributed by atoms with Crippen LogP contribution in [-0.2, 0) is 20.5 Å². The minimum atomic E-state index is -4.46. The van der Waals surface area contributed by atoms with Gasteiger partial charge in [0, 0.05) is 11.6 Å². The van der Waals surface area contributed by atoms with Gasteiger partial charge in [-0.3, -0.25) is 9.59 Å².